The third-order valence-electron chi connectivity index (χ3n) is 4.79. The Kier molecular flexibility index (Phi) is 8.08. The first-order chi connectivity index (χ1) is 12.5. The van der Waals surface area contributed by atoms with Crippen LogP contribution in [0.5, 0.6) is 0 Å². The maximum absolute atomic E-state index is 6.69. The molecule has 0 bridgehead atoms. The largest absolute Gasteiger partial charge is 0.449 e. The standard InChI is InChI=1S/C20H40O3Si5/c1-13-24(3,4)21-26(7,8)19-15-17-20(18-16-19)27(9,10)23-28(11,12)22-25(5,6)14-2/h13-18H,1-2H2,3-12H3. The van der Waals surface area contributed by atoms with Crippen LogP contribution in [0.1, 0.15) is 0 Å². The number of rotatable bonds is 10. The predicted molar refractivity (Wildman–Crippen MR) is 137 cm³/mol. The molecule has 0 heterocycles. The Hall–Kier alpha value is -0.336. The van der Waals surface area contributed by atoms with Gasteiger partial charge in [0, 0.05) is 0 Å². The van der Waals surface area contributed by atoms with E-state index in [9.17, 15) is 0 Å². The highest BCUT2D eigenvalue weighted by Gasteiger charge is 2.40. The fraction of sp³-hybridized carbons (Fsp3) is 0.500. The van der Waals surface area contributed by atoms with Crippen molar-refractivity contribution in [3.8, 4) is 0 Å². The molecule has 28 heavy (non-hydrogen) atoms. The quantitative estimate of drug-likeness (QED) is 0.446. The Labute approximate surface area is 178 Å². The van der Waals surface area contributed by atoms with Crippen LogP contribution in [0.3, 0.4) is 0 Å². The van der Waals surface area contributed by atoms with Crippen molar-refractivity contribution in [1.29, 1.82) is 0 Å². The van der Waals surface area contributed by atoms with Gasteiger partial charge in [0.1, 0.15) is 0 Å². The molecule has 3 nitrogen and oxygen atoms in total. The van der Waals surface area contributed by atoms with Crippen LogP contribution >= 0.6 is 0 Å². The van der Waals surface area contributed by atoms with Gasteiger partial charge in [-0.3, -0.25) is 0 Å². The Morgan fingerprint density at radius 2 is 0.893 bits per heavy atom. The average Bonchev–Trinajstić information content (AvgIpc) is 2.52. The van der Waals surface area contributed by atoms with E-state index in [1.807, 2.05) is 11.4 Å². The van der Waals surface area contributed by atoms with Crippen LogP contribution in [0.2, 0.25) is 65.5 Å². The first kappa shape index (κ1) is 25.7. The molecule has 0 spiro atoms. The third-order valence-corrected chi connectivity index (χ3v) is 22.4. The van der Waals surface area contributed by atoms with Gasteiger partial charge in [-0.05, 0) is 75.8 Å². The lowest BCUT2D eigenvalue weighted by Gasteiger charge is -2.38. The molecule has 0 N–H and O–H groups in total. The van der Waals surface area contributed by atoms with Crippen LogP contribution in [0.15, 0.2) is 48.8 Å². The van der Waals surface area contributed by atoms with Crippen molar-refractivity contribution in [2.75, 3.05) is 0 Å². The summed E-state index contributed by atoms with van der Waals surface area (Å²) in [7, 11) is -9.94. The SMILES string of the molecule is C=C[Si](C)(C)O[Si](C)(C)O[Si](C)(C)c1ccc([Si](C)(C)O[Si](C)(C)C=C)cc1. The Morgan fingerprint density at radius 1 is 0.571 bits per heavy atom. The molecule has 0 saturated heterocycles. The van der Waals surface area contributed by atoms with Gasteiger partial charge in [0.05, 0.1) is 0 Å². The highest BCUT2D eigenvalue weighted by atomic mass is 28.5. The van der Waals surface area contributed by atoms with Crippen molar-refractivity contribution >= 4 is 52.2 Å². The summed E-state index contributed by atoms with van der Waals surface area (Å²) < 4.78 is 19.7. The zero-order chi connectivity index (χ0) is 22.0. The summed E-state index contributed by atoms with van der Waals surface area (Å²) in [6.07, 6.45) is 0. The molecule has 0 atom stereocenters. The second-order valence-corrected chi connectivity index (χ2v) is 29.6. The van der Waals surface area contributed by atoms with E-state index in [-0.39, 0.29) is 0 Å². The summed E-state index contributed by atoms with van der Waals surface area (Å²) in [5.74, 6) is 0. The van der Waals surface area contributed by atoms with Gasteiger partial charge in [0.15, 0.2) is 16.6 Å². The summed E-state index contributed by atoms with van der Waals surface area (Å²) in [5.41, 5.74) is 4.00. The van der Waals surface area contributed by atoms with Crippen molar-refractivity contribution in [2.24, 2.45) is 0 Å². The van der Waals surface area contributed by atoms with E-state index < -0.39 is 41.8 Å². The molecule has 0 aromatic heterocycles. The molecule has 0 aliphatic heterocycles. The van der Waals surface area contributed by atoms with Gasteiger partial charge in [-0.1, -0.05) is 35.7 Å². The fourth-order valence-electron chi connectivity index (χ4n) is 3.40. The lowest BCUT2D eigenvalue weighted by Crippen LogP contribution is -2.57. The Morgan fingerprint density at radius 3 is 1.25 bits per heavy atom. The first-order valence-electron chi connectivity index (χ1n) is 9.94. The Bertz CT molecular complexity index is 694. The molecule has 0 aliphatic carbocycles. The maximum Gasteiger partial charge on any atom is 0.311 e. The lowest BCUT2D eigenvalue weighted by atomic mass is 10.4. The summed E-state index contributed by atoms with van der Waals surface area (Å²) in [6, 6.07) is 8.96. The van der Waals surface area contributed by atoms with Crippen molar-refractivity contribution < 1.29 is 12.3 Å². The van der Waals surface area contributed by atoms with Crippen LogP contribution in [0, 0.1) is 0 Å². The summed E-state index contributed by atoms with van der Waals surface area (Å²) in [4.78, 5) is 0. The van der Waals surface area contributed by atoms with E-state index in [1.165, 1.54) is 10.4 Å². The molecule has 1 aromatic rings. The van der Waals surface area contributed by atoms with Crippen LogP contribution in [-0.4, -0.2) is 41.8 Å². The molecule has 0 fully saturated rings. The molecule has 0 aliphatic rings. The molecule has 0 unspecified atom stereocenters. The van der Waals surface area contributed by atoms with E-state index in [4.69, 9.17) is 12.3 Å². The van der Waals surface area contributed by atoms with E-state index in [1.54, 1.807) is 0 Å². The fourth-order valence-corrected chi connectivity index (χ4v) is 22.7. The molecule has 0 radical (unpaired) electrons. The molecule has 1 rings (SSSR count). The topological polar surface area (TPSA) is 27.7 Å². The van der Waals surface area contributed by atoms with Crippen molar-refractivity contribution in [2.45, 2.75) is 65.5 Å². The second kappa shape index (κ2) is 8.80. The molecule has 0 amide bonds. The van der Waals surface area contributed by atoms with E-state index >= 15 is 0 Å². The maximum atomic E-state index is 6.69. The zero-order valence-electron chi connectivity index (χ0n) is 19.6. The van der Waals surface area contributed by atoms with Crippen molar-refractivity contribution in [3.05, 3.63) is 48.8 Å². The lowest BCUT2D eigenvalue weighted by molar-refractivity contribution is 0.400. The van der Waals surface area contributed by atoms with Crippen LogP contribution in [0.4, 0.5) is 0 Å². The van der Waals surface area contributed by atoms with Gasteiger partial charge < -0.3 is 12.3 Å². The molecular formula is C20H40O3Si5. The number of benzene rings is 1. The van der Waals surface area contributed by atoms with Crippen LogP contribution in [-0.2, 0) is 12.3 Å². The molecule has 8 heteroatoms. The molecule has 158 valence electrons. The van der Waals surface area contributed by atoms with E-state index in [0.29, 0.717) is 0 Å². The van der Waals surface area contributed by atoms with Crippen LogP contribution in [0.25, 0.3) is 0 Å². The normalized spacial score (nSPS) is 14.1. The number of hydrogen-bond donors (Lipinski definition) is 0. The molecular weight excluding hydrogens is 429 g/mol. The Balaban J connectivity index is 3.02. The van der Waals surface area contributed by atoms with E-state index in [2.05, 4.69) is 103 Å². The van der Waals surface area contributed by atoms with Crippen molar-refractivity contribution in [1.82, 2.24) is 0 Å². The van der Waals surface area contributed by atoms with Gasteiger partial charge in [-0.25, -0.2) is 0 Å². The van der Waals surface area contributed by atoms with Crippen molar-refractivity contribution in [3.63, 3.8) is 0 Å². The number of hydrogen-bond acceptors (Lipinski definition) is 3. The third kappa shape index (κ3) is 7.49. The van der Waals surface area contributed by atoms with Gasteiger partial charge in [-0.2, -0.15) is 0 Å². The predicted octanol–water partition coefficient (Wildman–Crippen LogP) is 5.12. The highest BCUT2D eigenvalue weighted by Crippen LogP contribution is 2.21. The average molecular weight is 469 g/mol. The monoisotopic (exact) mass is 468 g/mol. The van der Waals surface area contributed by atoms with Crippen LogP contribution < -0.4 is 10.4 Å². The summed E-state index contributed by atoms with van der Waals surface area (Å²) in [5, 5.41) is 2.61. The first-order valence-corrected chi connectivity index (χ1v) is 24.5. The van der Waals surface area contributed by atoms with Gasteiger partial charge >= 0.3 is 8.56 Å². The summed E-state index contributed by atoms with van der Waals surface area (Å²) >= 11 is 0. The smallest absolute Gasteiger partial charge is 0.311 e. The zero-order valence-corrected chi connectivity index (χ0v) is 24.6. The van der Waals surface area contributed by atoms with Gasteiger partial charge in [0.2, 0.25) is 16.6 Å². The van der Waals surface area contributed by atoms with E-state index in [0.717, 1.165) is 0 Å². The molecule has 0 saturated carbocycles. The minimum absolute atomic E-state index is 1.29. The van der Waals surface area contributed by atoms with Gasteiger partial charge in [0.25, 0.3) is 0 Å². The minimum Gasteiger partial charge on any atom is -0.449 e. The summed E-state index contributed by atoms with van der Waals surface area (Å²) in [6.45, 7) is 30.0. The highest BCUT2D eigenvalue weighted by molar-refractivity contribution is 6.95. The minimum atomic E-state index is -2.23. The molecule has 1 aromatic carbocycles. The second-order valence-electron chi connectivity index (χ2n) is 9.92. The van der Waals surface area contributed by atoms with Gasteiger partial charge in [-0.15, -0.1) is 13.2 Å².